The third kappa shape index (κ3) is 6.10. The van der Waals surface area contributed by atoms with Crippen LogP contribution in [-0.2, 0) is 13.1 Å². The number of guanidine groups is 1. The summed E-state index contributed by atoms with van der Waals surface area (Å²) in [6.45, 7) is 3.78. The zero-order valence-electron chi connectivity index (χ0n) is 18.7. The van der Waals surface area contributed by atoms with Crippen LogP contribution >= 0.6 is 24.0 Å². The minimum absolute atomic E-state index is 0. The van der Waals surface area contributed by atoms with Gasteiger partial charge in [0.05, 0.1) is 14.2 Å². The van der Waals surface area contributed by atoms with Crippen LogP contribution in [0.3, 0.4) is 0 Å². The molecule has 2 aliphatic heterocycles. The SMILES string of the molecule is CN=C(NCc1ccc2c(c1)OCO2)NC1CCN(Cc2cc(OC)cc(OC)c2)C1.I. The van der Waals surface area contributed by atoms with E-state index in [2.05, 4.69) is 32.7 Å². The normalized spacial score (nSPS) is 17.6. The molecule has 1 atom stereocenters. The number of fused-ring (bicyclic) bond motifs is 1. The molecule has 2 aromatic carbocycles. The highest BCUT2D eigenvalue weighted by Gasteiger charge is 2.23. The van der Waals surface area contributed by atoms with E-state index in [1.807, 2.05) is 24.3 Å². The first-order valence-electron chi connectivity index (χ1n) is 10.5. The summed E-state index contributed by atoms with van der Waals surface area (Å²) in [5.41, 5.74) is 2.30. The second-order valence-electron chi connectivity index (χ2n) is 7.70. The summed E-state index contributed by atoms with van der Waals surface area (Å²) in [4.78, 5) is 6.81. The van der Waals surface area contributed by atoms with Crippen molar-refractivity contribution in [2.75, 3.05) is 41.1 Å². The lowest BCUT2D eigenvalue weighted by Gasteiger charge is -2.19. The van der Waals surface area contributed by atoms with Crippen LogP contribution in [0.15, 0.2) is 41.4 Å². The van der Waals surface area contributed by atoms with Gasteiger partial charge in [0, 0.05) is 45.3 Å². The lowest BCUT2D eigenvalue weighted by molar-refractivity contribution is 0.174. The average Bonchev–Trinajstić information content (AvgIpc) is 3.45. The number of benzene rings is 2. The Balaban J connectivity index is 0.00000289. The van der Waals surface area contributed by atoms with Gasteiger partial charge in [-0.25, -0.2) is 0 Å². The van der Waals surface area contributed by atoms with Crippen molar-refractivity contribution in [3.05, 3.63) is 47.5 Å². The zero-order valence-corrected chi connectivity index (χ0v) is 21.1. The molecule has 174 valence electrons. The fraction of sp³-hybridized carbons (Fsp3) is 0.435. The maximum atomic E-state index is 5.45. The van der Waals surface area contributed by atoms with Crippen LogP contribution in [0.5, 0.6) is 23.0 Å². The highest BCUT2D eigenvalue weighted by atomic mass is 127. The van der Waals surface area contributed by atoms with E-state index in [1.165, 1.54) is 5.56 Å². The second-order valence-corrected chi connectivity index (χ2v) is 7.70. The van der Waals surface area contributed by atoms with Crippen LogP contribution in [0.2, 0.25) is 0 Å². The predicted octanol–water partition coefficient (Wildman–Crippen LogP) is 2.99. The van der Waals surface area contributed by atoms with E-state index in [4.69, 9.17) is 18.9 Å². The molecule has 1 saturated heterocycles. The number of hydrogen-bond acceptors (Lipinski definition) is 6. The number of halogens is 1. The first kappa shape index (κ1) is 24.2. The molecule has 1 unspecified atom stereocenters. The van der Waals surface area contributed by atoms with E-state index in [0.29, 0.717) is 12.6 Å². The average molecular weight is 554 g/mol. The molecular weight excluding hydrogens is 523 g/mol. The summed E-state index contributed by atoms with van der Waals surface area (Å²) in [5.74, 6) is 4.02. The zero-order chi connectivity index (χ0) is 21.6. The Morgan fingerprint density at radius 2 is 1.81 bits per heavy atom. The van der Waals surface area contributed by atoms with Gasteiger partial charge in [-0.05, 0) is 41.8 Å². The molecule has 0 radical (unpaired) electrons. The predicted molar refractivity (Wildman–Crippen MR) is 135 cm³/mol. The van der Waals surface area contributed by atoms with Crippen molar-refractivity contribution in [1.82, 2.24) is 15.5 Å². The van der Waals surface area contributed by atoms with Crippen LogP contribution in [0.25, 0.3) is 0 Å². The van der Waals surface area contributed by atoms with E-state index in [-0.39, 0.29) is 30.8 Å². The minimum atomic E-state index is 0. The lowest BCUT2D eigenvalue weighted by Crippen LogP contribution is -2.44. The number of rotatable bonds is 7. The number of hydrogen-bond donors (Lipinski definition) is 2. The third-order valence-corrected chi connectivity index (χ3v) is 5.55. The third-order valence-electron chi connectivity index (χ3n) is 5.55. The molecule has 0 amide bonds. The van der Waals surface area contributed by atoms with Gasteiger partial charge in [0.25, 0.3) is 0 Å². The highest BCUT2D eigenvalue weighted by molar-refractivity contribution is 14.0. The van der Waals surface area contributed by atoms with Gasteiger partial charge in [0.15, 0.2) is 17.5 Å². The van der Waals surface area contributed by atoms with Crippen molar-refractivity contribution in [3.8, 4) is 23.0 Å². The molecule has 0 aromatic heterocycles. The largest absolute Gasteiger partial charge is 0.497 e. The van der Waals surface area contributed by atoms with E-state index in [9.17, 15) is 0 Å². The summed E-state index contributed by atoms with van der Waals surface area (Å²) in [6.07, 6.45) is 1.06. The van der Waals surface area contributed by atoms with Gasteiger partial charge in [0.2, 0.25) is 6.79 Å². The Kier molecular flexibility index (Phi) is 8.68. The fourth-order valence-corrected chi connectivity index (χ4v) is 3.93. The summed E-state index contributed by atoms with van der Waals surface area (Å²) < 4.78 is 21.6. The van der Waals surface area contributed by atoms with Crippen LogP contribution in [-0.4, -0.2) is 58.1 Å². The fourth-order valence-electron chi connectivity index (χ4n) is 3.93. The van der Waals surface area contributed by atoms with Crippen molar-refractivity contribution in [3.63, 3.8) is 0 Å². The number of methoxy groups -OCH3 is 2. The quantitative estimate of drug-likeness (QED) is 0.310. The molecule has 4 rings (SSSR count). The van der Waals surface area contributed by atoms with E-state index in [1.54, 1.807) is 21.3 Å². The van der Waals surface area contributed by atoms with Crippen molar-refractivity contribution in [1.29, 1.82) is 0 Å². The first-order chi connectivity index (χ1) is 15.2. The van der Waals surface area contributed by atoms with E-state index >= 15 is 0 Å². The molecule has 0 aliphatic carbocycles. The Hall–Kier alpha value is -2.40. The van der Waals surface area contributed by atoms with Crippen LogP contribution in [0.1, 0.15) is 17.5 Å². The standard InChI is InChI=1S/C23H30N4O4.HI/c1-24-23(25-12-16-4-5-21-22(10-16)31-15-30-21)26-18-6-7-27(14-18)13-17-8-19(28-2)11-20(9-17)29-3;/h4-5,8-11,18H,6-7,12-15H2,1-3H3,(H2,24,25,26);1H. The number of ether oxygens (including phenoxy) is 4. The molecule has 0 bridgehead atoms. The molecule has 8 nitrogen and oxygen atoms in total. The number of nitrogens with one attached hydrogen (secondary N) is 2. The van der Waals surface area contributed by atoms with Crippen molar-refractivity contribution in [2.24, 2.45) is 4.99 Å². The van der Waals surface area contributed by atoms with Gasteiger partial charge in [-0.15, -0.1) is 24.0 Å². The van der Waals surface area contributed by atoms with Gasteiger partial charge in [0.1, 0.15) is 11.5 Å². The molecule has 0 spiro atoms. The topological polar surface area (TPSA) is 76.6 Å². The number of aliphatic imine (C=N–C) groups is 1. The molecule has 2 N–H and O–H groups in total. The maximum absolute atomic E-state index is 5.45. The van der Waals surface area contributed by atoms with Gasteiger partial charge >= 0.3 is 0 Å². The summed E-state index contributed by atoms with van der Waals surface area (Å²) in [7, 11) is 5.15. The molecule has 9 heteroatoms. The lowest BCUT2D eigenvalue weighted by atomic mass is 10.2. The minimum Gasteiger partial charge on any atom is -0.497 e. The molecule has 32 heavy (non-hydrogen) atoms. The van der Waals surface area contributed by atoms with Crippen LogP contribution < -0.4 is 29.6 Å². The van der Waals surface area contributed by atoms with Gasteiger partial charge in [-0.2, -0.15) is 0 Å². The Bertz CT molecular complexity index is 918. The monoisotopic (exact) mass is 554 g/mol. The first-order valence-corrected chi connectivity index (χ1v) is 10.5. The second kappa shape index (κ2) is 11.5. The molecule has 2 aliphatic rings. The Labute approximate surface area is 206 Å². The smallest absolute Gasteiger partial charge is 0.231 e. The summed E-state index contributed by atoms with van der Waals surface area (Å²) in [6, 6.07) is 12.3. The van der Waals surface area contributed by atoms with E-state index in [0.717, 1.165) is 60.6 Å². The highest BCUT2D eigenvalue weighted by Crippen LogP contribution is 2.32. The van der Waals surface area contributed by atoms with E-state index < -0.39 is 0 Å². The van der Waals surface area contributed by atoms with Gasteiger partial charge < -0.3 is 29.6 Å². The van der Waals surface area contributed by atoms with Gasteiger partial charge in [-0.3, -0.25) is 9.89 Å². The van der Waals surface area contributed by atoms with Crippen molar-refractivity contribution in [2.45, 2.75) is 25.6 Å². The number of likely N-dealkylation sites (tertiary alicyclic amines) is 1. The Morgan fingerprint density at radius 1 is 1.06 bits per heavy atom. The van der Waals surface area contributed by atoms with Crippen LogP contribution in [0, 0.1) is 0 Å². The molecule has 1 fully saturated rings. The molecule has 2 heterocycles. The van der Waals surface area contributed by atoms with Crippen molar-refractivity contribution < 1.29 is 18.9 Å². The maximum Gasteiger partial charge on any atom is 0.231 e. The number of nitrogens with zero attached hydrogens (tertiary/aromatic N) is 2. The summed E-state index contributed by atoms with van der Waals surface area (Å²) in [5, 5.41) is 6.93. The van der Waals surface area contributed by atoms with Crippen molar-refractivity contribution >= 4 is 29.9 Å². The van der Waals surface area contributed by atoms with Crippen LogP contribution in [0.4, 0.5) is 0 Å². The Morgan fingerprint density at radius 3 is 2.53 bits per heavy atom. The molecule has 0 saturated carbocycles. The summed E-state index contributed by atoms with van der Waals surface area (Å²) >= 11 is 0. The molecule has 2 aromatic rings. The van der Waals surface area contributed by atoms with Gasteiger partial charge in [-0.1, -0.05) is 6.07 Å². The molecular formula is C23H31IN4O4.